The van der Waals surface area contributed by atoms with E-state index in [4.69, 9.17) is 9.47 Å². The predicted molar refractivity (Wildman–Crippen MR) is 159 cm³/mol. The van der Waals surface area contributed by atoms with Crippen molar-refractivity contribution in [2.75, 3.05) is 37.9 Å². The van der Waals surface area contributed by atoms with E-state index in [0.29, 0.717) is 12.3 Å². The summed E-state index contributed by atoms with van der Waals surface area (Å²) >= 11 is 3.46. The molecule has 0 spiro atoms. The summed E-state index contributed by atoms with van der Waals surface area (Å²) in [6.45, 7) is 1.71. The van der Waals surface area contributed by atoms with E-state index in [-0.39, 0.29) is 30.3 Å². The van der Waals surface area contributed by atoms with Crippen LogP contribution in [0.3, 0.4) is 0 Å². The van der Waals surface area contributed by atoms with E-state index < -0.39 is 28.5 Å². The highest BCUT2D eigenvalue weighted by Gasteiger charge is 2.33. The van der Waals surface area contributed by atoms with E-state index in [2.05, 4.69) is 21.2 Å². The summed E-state index contributed by atoms with van der Waals surface area (Å²) in [5.41, 5.74) is 1.79. The van der Waals surface area contributed by atoms with E-state index in [1.807, 2.05) is 54.6 Å². The Bertz CT molecular complexity index is 1420. The molecule has 0 saturated carbocycles. The summed E-state index contributed by atoms with van der Waals surface area (Å²) in [4.78, 5) is 29.0. The van der Waals surface area contributed by atoms with Crippen molar-refractivity contribution in [3.8, 4) is 11.5 Å². The van der Waals surface area contributed by atoms with Crippen LogP contribution in [0.25, 0.3) is 0 Å². The van der Waals surface area contributed by atoms with E-state index in [9.17, 15) is 18.0 Å². The highest BCUT2D eigenvalue weighted by molar-refractivity contribution is 9.10. The average molecular weight is 633 g/mol. The molecule has 40 heavy (non-hydrogen) atoms. The fourth-order valence-electron chi connectivity index (χ4n) is 4.26. The van der Waals surface area contributed by atoms with Crippen molar-refractivity contribution in [3.63, 3.8) is 0 Å². The van der Waals surface area contributed by atoms with E-state index in [1.54, 1.807) is 19.1 Å². The van der Waals surface area contributed by atoms with E-state index in [1.165, 1.54) is 25.2 Å². The molecule has 0 fully saturated rings. The normalized spacial score (nSPS) is 11.8. The third-order valence-corrected chi connectivity index (χ3v) is 7.82. The number of anilines is 1. The van der Waals surface area contributed by atoms with Crippen molar-refractivity contribution in [1.82, 2.24) is 10.2 Å². The zero-order valence-electron chi connectivity index (χ0n) is 23.0. The van der Waals surface area contributed by atoms with Gasteiger partial charge in [0.2, 0.25) is 21.8 Å². The number of ether oxygens (including phenoxy) is 2. The van der Waals surface area contributed by atoms with Gasteiger partial charge in [-0.25, -0.2) is 8.42 Å². The Morgan fingerprint density at radius 3 is 2.25 bits per heavy atom. The number of amides is 2. The standard InChI is InChI=1S/C29H34BrN3O6S/c1-5-31-29(35)26(17-21-10-7-6-8-11-21)32(19-22-12-9-13-23(30)16-22)28(34)20-33(40(4,36)37)25-18-24(38-2)14-15-27(25)39-3/h6-16,18,26H,5,17,19-20H2,1-4H3,(H,31,35)/t26-/m0/s1. The first-order valence-corrected chi connectivity index (χ1v) is 15.3. The third kappa shape index (κ3) is 8.22. The van der Waals surface area contributed by atoms with Gasteiger partial charge in [-0.3, -0.25) is 13.9 Å². The van der Waals surface area contributed by atoms with E-state index in [0.717, 1.165) is 26.2 Å². The van der Waals surface area contributed by atoms with Gasteiger partial charge in [-0.05, 0) is 42.3 Å². The molecule has 1 atom stereocenters. The van der Waals surface area contributed by atoms with Crippen LogP contribution in [-0.2, 0) is 32.6 Å². The van der Waals surface area contributed by atoms with Crippen LogP contribution in [0.2, 0.25) is 0 Å². The van der Waals surface area contributed by atoms with Crippen molar-refractivity contribution >= 4 is 43.5 Å². The van der Waals surface area contributed by atoms with Crippen molar-refractivity contribution < 1.29 is 27.5 Å². The summed E-state index contributed by atoms with van der Waals surface area (Å²) in [6, 6.07) is 20.6. The van der Waals surface area contributed by atoms with Crippen LogP contribution >= 0.6 is 15.9 Å². The number of hydrogen-bond acceptors (Lipinski definition) is 6. The SMILES string of the molecule is CCNC(=O)[C@H](Cc1ccccc1)N(Cc1cccc(Br)c1)C(=O)CN(c1cc(OC)ccc1OC)S(C)(=O)=O. The molecule has 3 rings (SSSR count). The van der Waals surface area contributed by atoms with Gasteiger partial charge in [0.05, 0.1) is 26.2 Å². The maximum atomic E-state index is 14.1. The Morgan fingerprint density at radius 1 is 0.950 bits per heavy atom. The third-order valence-electron chi connectivity index (χ3n) is 6.20. The maximum absolute atomic E-state index is 14.1. The number of carbonyl (C=O) groups is 2. The first-order valence-electron chi connectivity index (χ1n) is 12.6. The second-order valence-corrected chi connectivity index (χ2v) is 11.9. The molecule has 3 aromatic rings. The largest absolute Gasteiger partial charge is 0.497 e. The number of benzene rings is 3. The Morgan fingerprint density at radius 2 is 1.65 bits per heavy atom. The van der Waals surface area contributed by atoms with Crippen molar-refractivity contribution in [1.29, 1.82) is 0 Å². The second-order valence-electron chi connectivity index (χ2n) is 9.06. The molecule has 2 amide bonds. The Balaban J connectivity index is 2.09. The molecule has 0 radical (unpaired) electrons. The second kappa shape index (κ2) is 14.2. The van der Waals surface area contributed by atoms with Gasteiger partial charge < -0.3 is 19.7 Å². The number of carbonyl (C=O) groups excluding carboxylic acids is 2. The van der Waals surface area contributed by atoms with Crippen molar-refractivity contribution in [2.24, 2.45) is 0 Å². The lowest BCUT2D eigenvalue weighted by Gasteiger charge is -2.33. The van der Waals surface area contributed by atoms with Crippen LogP contribution in [0.5, 0.6) is 11.5 Å². The fourth-order valence-corrected chi connectivity index (χ4v) is 5.56. The van der Waals surface area contributed by atoms with Gasteiger partial charge in [-0.2, -0.15) is 0 Å². The average Bonchev–Trinajstić information content (AvgIpc) is 2.93. The van der Waals surface area contributed by atoms with Gasteiger partial charge in [-0.15, -0.1) is 0 Å². The zero-order valence-corrected chi connectivity index (χ0v) is 25.4. The number of hydrogen-bond donors (Lipinski definition) is 1. The molecule has 0 heterocycles. The summed E-state index contributed by atoms with van der Waals surface area (Å²) < 4.78 is 38.6. The molecule has 0 aliphatic rings. The summed E-state index contributed by atoms with van der Waals surface area (Å²) in [7, 11) is -1.08. The number of methoxy groups -OCH3 is 2. The monoisotopic (exact) mass is 631 g/mol. The quantitative estimate of drug-likeness (QED) is 0.306. The van der Waals surface area contributed by atoms with Crippen LogP contribution in [0.4, 0.5) is 5.69 Å². The summed E-state index contributed by atoms with van der Waals surface area (Å²) in [5, 5.41) is 2.84. The first kappa shape index (κ1) is 31.0. The van der Waals surface area contributed by atoms with Gasteiger partial charge in [-0.1, -0.05) is 58.4 Å². The smallest absolute Gasteiger partial charge is 0.244 e. The zero-order chi connectivity index (χ0) is 29.3. The fraction of sp³-hybridized carbons (Fsp3) is 0.310. The lowest BCUT2D eigenvalue weighted by molar-refractivity contribution is -0.140. The van der Waals surface area contributed by atoms with Gasteiger partial charge >= 0.3 is 0 Å². The lowest BCUT2D eigenvalue weighted by atomic mass is 10.0. The minimum absolute atomic E-state index is 0.0831. The number of sulfonamides is 1. The number of halogens is 1. The number of nitrogens with one attached hydrogen (secondary N) is 1. The number of rotatable bonds is 13. The molecule has 0 saturated heterocycles. The van der Waals surface area contributed by atoms with Gasteiger partial charge in [0.1, 0.15) is 24.1 Å². The Kier molecular flexibility index (Phi) is 11.0. The minimum Gasteiger partial charge on any atom is -0.497 e. The van der Waals surface area contributed by atoms with Crippen LogP contribution < -0.4 is 19.1 Å². The maximum Gasteiger partial charge on any atom is 0.244 e. The Hall–Kier alpha value is -3.57. The molecule has 0 aromatic heterocycles. The molecular weight excluding hydrogens is 598 g/mol. The number of nitrogens with zero attached hydrogens (tertiary/aromatic N) is 2. The van der Waals surface area contributed by atoms with Crippen LogP contribution in [0.1, 0.15) is 18.1 Å². The molecule has 9 nitrogen and oxygen atoms in total. The summed E-state index contributed by atoms with van der Waals surface area (Å²) in [6.07, 6.45) is 1.26. The molecule has 3 aromatic carbocycles. The van der Waals surface area contributed by atoms with Gasteiger partial charge in [0, 0.05) is 30.0 Å². The van der Waals surface area contributed by atoms with Crippen LogP contribution in [0, 0.1) is 0 Å². The highest BCUT2D eigenvalue weighted by Crippen LogP contribution is 2.34. The van der Waals surface area contributed by atoms with Gasteiger partial charge in [0.15, 0.2) is 0 Å². The molecule has 0 aliphatic carbocycles. The molecule has 214 valence electrons. The minimum atomic E-state index is -3.96. The van der Waals surface area contributed by atoms with E-state index >= 15 is 0 Å². The summed E-state index contributed by atoms with van der Waals surface area (Å²) in [5.74, 6) is -0.240. The Labute approximate surface area is 244 Å². The van der Waals surface area contributed by atoms with Crippen LogP contribution in [0.15, 0.2) is 77.3 Å². The molecule has 0 unspecified atom stereocenters. The van der Waals surface area contributed by atoms with Crippen molar-refractivity contribution in [3.05, 3.63) is 88.4 Å². The molecule has 0 bridgehead atoms. The highest BCUT2D eigenvalue weighted by atomic mass is 79.9. The van der Waals surface area contributed by atoms with Crippen LogP contribution in [-0.4, -0.2) is 64.7 Å². The number of likely N-dealkylation sites (N-methyl/N-ethyl adjacent to an activating group) is 1. The van der Waals surface area contributed by atoms with Crippen molar-refractivity contribution in [2.45, 2.75) is 25.9 Å². The molecule has 0 aliphatic heterocycles. The topological polar surface area (TPSA) is 105 Å². The lowest BCUT2D eigenvalue weighted by Crippen LogP contribution is -2.53. The molecule has 1 N–H and O–H groups in total. The molecule has 11 heteroatoms. The predicted octanol–water partition coefficient (Wildman–Crippen LogP) is 4.01. The van der Waals surface area contributed by atoms with Gasteiger partial charge in [0.25, 0.3) is 0 Å². The first-order chi connectivity index (χ1) is 19.1. The molecular formula is C29H34BrN3O6S.